The summed E-state index contributed by atoms with van der Waals surface area (Å²) < 4.78 is 25.8. The molecular formula is C10H19F2N. The lowest BCUT2D eigenvalue weighted by Gasteiger charge is -2.32. The minimum atomic E-state index is -2.43. The van der Waals surface area contributed by atoms with Crippen LogP contribution in [0, 0.1) is 0 Å². The molecule has 1 saturated heterocycles. The molecule has 0 bridgehead atoms. The van der Waals surface area contributed by atoms with Gasteiger partial charge in [0.1, 0.15) is 0 Å². The second-order valence-electron chi connectivity index (χ2n) is 3.94. The Bertz CT molecular complexity index is 148. The van der Waals surface area contributed by atoms with E-state index in [0.717, 1.165) is 32.4 Å². The number of hydrogen-bond donors (Lipinski definition) is 0. The highest BCUT2D eigenvalue weighted by atomic mass is 19.3. The Labute approximate surface area is 79.1 Å². The van der Waals surface area contributed by atoms with Gasteiger partial charge in [0.15, 0.2) is 0 Å². The smallest absolute Gasteiger partial charge is 0.260 e. The highest BCUT2D eigenvalue weighted by Gasteiger charge is 2.34. The molecule has 3 heteroatoms. The van der Waals surface area contributed by atoms with Gasteiger partial charge in [0.2, 0.25) is 0 Å². The summed E-state index contributed by atoms with van der Waals surface area (Å²) in [7, 11) is 0. The first-order valence-electron chi connectivity index (χ1n) is 5.24. The van der Waals surface area contributed by atoms with Gasteiger partial charge in [0, 0.05) is 6.42 Å². The van der Waals surface area contributed by atoms with Crippen molar-refractivity contribution in [2.45, 2.75) is 45.0 Å². The molecular weight excluding hydrogens is 172 g/mol. The maximum atomic E-state index is 12.9. The largest absolute Gasteiger partial charge is 0.297 e. The molecule has 1 nitrogen and oxygen atoms in total. The molecule has 0 amide bonds. The van der Waals surface area contributed by atoms with Crippen molar-refractivity contribution < 1.29 is 8.78 Å². The first kappa shape index (κ1) is 10.9. The normalized spacial score (nSPS) is 23.3. The number of likely N-dealkylation sites (tertiary alicyclic amines) is 1. The highest BCUT2D eigenvalue weighted by molar-refractivity contribution is 4.78. The molecule has 1 rings (SSSR count). The molecule has 1 heterocycles. The van der Waals surface area contributed by atoms with Gasteiger partial charge in [-0.3, -0.25) is 4.90 Å². The summed E-state index contributed by atoms with van der Waals surface area (Å²) in [6.07, 6.45) is 4.11. The lowest BCUT2D eigenvalue weighted by atomic mass is 10.1. The molecule has 0 saturated carbocycles. The number of hydrogen-bond acceptors (Lipinski definition) is 1. The summed E-state index contributed by atoms with van der Waals surface area (Å²) in [5.41, 5.74) is 0. The highest BCUT2D eigenvalue weighted by Crippen LogP contribution is 2.26. The van der Waals surface area contributed by atoms with Crippen LogP contribution < -0.4 is 0 Å². The second-order valence-corrected chi connectivity index (χ2v) is 3.94. The van der Waals surface area contributed by atoms with Crippen molar-refractivity contribution >= 4 is 0 Å². The zero-order valence-corrected chi connectivity index (χ0v) is 8.36. The van der Waals surface area contributed by atoms with Gasteiger partial charge < -0.3 is 0 Å². The maximum Gasteiger partial charge on any atom is 0.260 e. The zero-order chi connectivity index (χ0) is 9.73. The van der Waals surface area contributed by atoms with Gasteiger partial charge in [0.25, 0.3) is 5.92 Å². The van der Waals surface area contributed by atoms with E-state index < -0.39 is 5.92 Å². The van der Waals surface area contributed by atoms with E-state index in [-0.39, 0.29) is 13.0 Å². The van der Waals surface area contributed by atoms with E-state index in [0.29, 0.717) is 6.42 Å². The molecule has 13 heavy (non-hydrogen) atoms. The van der Waals surface area contributed by atoms with E-state index in [1.165, 1.54) is 0 Å². The zero-order valence-electron chi connectivity index (χ0n) is 8.36. The molecule has 0 aromatic carbocycles. The van der Waals surface area contributed by atoms with Crippen LogP contribution in [-0.4, -0.2) is 30.5 Å². The Hall–Kier alpha value is -0.180. The average molecular weight is 191 g/mol. The third-order valence-electron chi connectivity index (χ3n) is 2.55. The number of halogens is 2. The number of piperidine rings is 1. The van der Waals surface area contributed by atoms with Crippen molar-refractivity contribution in [1.29, 1.82) is 0 Å². The van der Waals surface area contributed by atoms with Gasteiger partial charge in [-0.15, -0.1) is 0 Å². The van der Waals surface area contributed by atoms with E-state index in [1.807, 2.05) is 4.90 Å². The van der Waals surface area contributed by atoms with Crippen molar-refractivity contribution in [3.8, 4) is 0 Å². The topological polar surface area (TPSA) is 3.24 Å². The maximum absolute atomic E-state index is 12.9. The third-order valence-corrected chi connectivity index (χ3v) is 2.55. The number of alkyl halides is 2. The Morgan fingerprint density at radius 1 is 1.31 bits per heavy atom. The molecule has 0 radical (unpaired) electrons. The molecule has 1 fully saturated rings. The molecule has 0 aliphatic carbocycles. The van der Waals surface area contributed by atoms with Crippen molar-refractivity contribution in [2.24, 2.45) is 0 Å². The van der Waals surface area contributed by atoms with Crippen molar-refractivity contribution in [1.82, 2.24) is 4.90 Å². The van der Waals surface area contributed by atoms with Crippen LogP contribution in [0.1, 0.15) is 39.0 Å². The van der Waals surface area contributed by atoms with Gasteiger partial charge in [-0.05, 0) is 25.9 Å². The van der Waals surface area contributed by atoms with Gasteiger partial charge in [-0.2, -0.15) is 0 Å². The van der Waals surface area contributed by atoms with Crippen molar-refractivity contribution in [3.63, 3.8) is 0 Å². The Balaban J connectivity index is 2.19. The van der Waals surface area contributed by atoms with Gasteiger partial charge in [-0.1, -0.05) is 19.8 Å². The lowest BCUT2D eigenvalue weighted by Crippen LogP contribution is -2.42. The van der Waals surface area contributed by atoms with E-state index in [9.17, 15) is 8.78 Å². The Kier molecular flexibility index (Phi) is 4.10. The van der Waals surface area contributed by atoms with Crippen LogP contribution in [0.5, 0.6) is 0 Å². The van der Waals surface area contributed by atoms with Crippen molar-refractivity contribution in [3.05, 3.63) is 0 Å². The summed E-state index contributed by atoms with van der Waals surface area (Å²) >= 11 is 0. The number of unbranched alkanes of at least 4 members (excludes halogenated alkanes) is 2. The molecule has 1 aliphatic heterocycles. The first-order valence-corrected chi connectivity index (χ1v) is 5.24. The second kappa shape index (κ2) is 4.89. The van der Waals surface area contributed by atoms with E-state index in [2.05, 4.69) is 6.92 Å². The predicted molar refractivity (Wildman–Crippen MR) is 50.1 cm³/mol. The molecule has 0 N–H and O–H groups in total. The monoisotopic (exact) mass is 191 g/mol. The summed E-state index contributed by atoms with van der Waals surface area (Å²) in [6, 6.07) is 0. The molecule has 0 spiro atoms. The average Bonchev–Trinajstić information content (AvgIpc) is 2.03. The van der Waals surface area contributed by atoms with Crippen LogP contribution in [0.3, 0.4) is 0 Å². The SMILES string of the molecule is CCCCCN1CCCC(F)(F)C1. The van der Waals surface area contributed by atoms with E-state index in [1.54, 1.807) is 0 Å². The van der Waals surface area contributed by atoms with Crippen molar-refractivity contribution in [2.75, 3.05) is 19.6 Å². The summed E-state index contributed by atoms with van der Waals surface area (Å²) in [4.78, 5) is 1.90. The Morgan fingerprint density at radius 3 is 2.69 bits per heavy atom. The lowest BCUT2D eigenvalue weighted by molar-refractivity contribution is -0.0640. The van der Waals surface area contributed by atoms with Gasteiger partial charge >= 0.3 is 0 Å². The summed E-state index contributed by atoms with van der Waals surface area (Å²) in [6.45, 7) is 3.82. The van der Waals surface area contributed by atoms with Crippen LogP contribution in [0.25, 0.3) is 0 Å². The third kappa shape index (κ3) is 4.03. The van der Waals surface area contributed by atoms with Crippen LogP contribution in [0.2, 0.25) is 0 Å². The summed E-state index contributed by atoms with van der Waals surface area (Å²) in [5.74, 6) is -2.43. The minimum absolute atomic E-state index is 0.0171. The minimum Gasteiger partial charge on any atom is -0.297 e. The summed E-state index contributed by atoms with van der Waals surface area (Å²) in [5, 5.41) is 0. The predicted octanol–water partition coefficient (Wildman–Crippen LogP) is 2.91. The van der Waals surface area contributed by atoms with Gasteiger partial charge in [0.05, 0.1) is 6.54 Å². The quantitative estimate of drug-likeness (QED) is 0.617. The number of nitrogens with zero attached hydrogens (tertiary/aromatic N) is 1. The fraction of sp³-hybridized carbons (Fsp3) is 1.00. The number of rotatable bonds is 4. The van der Waals surface area contributed by atoms with Crippen LogP contribution in [0.15, 0.2) is 0 Å². The molecule has 0 aromatic rings. The first-order chi connectivity index (χ1) is 6.14. The standard InChI is InChI=1S/C10H19F2N/c1-2-3-4-7-13-8-5-6-10(11,12)9-13/h2-9H2,1H3. The molecule has 0 aromatic heterocycles. The molecule has 0 atom stereocenters. The Morgan fingerprint density at radius 2 is 2.08 bits per heavy atom. The van der Waals surface area contributed by atoms with Gasteiger partial charge in [-0.25, -0.2) is 8.78 Å². The van der Waals surface area contributed by atoms with Crippen LogP contribution in [-0.2, 0) is 0 Å². The molecule has 78 valence electrons. The van der Waals surface area contributed by atoms with Crippen LogP contribution >= 0.6 is 0 Å². The molecule has 0 unspecified atom stereocenters. The van der Waals surface area contributed by atoms with Crippen LogP contribution in [0.4, 0.5) is 8.78 Å². The van der Waals surface area contributed by atoms with E-state index in [4.69, 9.17) is 0 Å². The van der Waals surface area contributed by atoms with E-state index >= 15 is 0 Å². The molecule has 1 aliphatic rings. The fourth-order valence-corrected chi connectivity index (χ4v) is 1.82. The fourth-order valence-electron chi connectivity index (χ4n) is 1.82.